The van der Waals surface area contributed by atoms with Crippen molar-refractivity contribution in [2.24, 2.45) is 0 Å². The first-order valence-corrected chi connectivity index (χ1v) is 9.26. The molecule has 2 aliphatic rings. The van der Waals surface area contributed by atoms with Gasteiger partial charge in [0.1, 0.15) is 12.4 Å². The second-order valence-corrected chi connectivity index (χ2v) is 6.85. The molecule has 1 aliphatic heterocycles. The van der Waals surface area contributed by atoms with Crippen molar-refractivity contribution < 1.29 is 33.0 Å². The van der Waals surface area contributed by atoms with E-state index in [9.17, 15) is 23.6 Å². The second kappa shape index (κ2) is 8.57. The van der Waals surface area contributed by atoms with Crippen LogP contribution >= 0.6 is 11.6 Å². The van der Waals surface area contributed by atoms with E-state index in [1.807, 2.05) is 0 Å². The lowest BCUT2D eigenvalue weighted by molar-refractivity contribution is -0.146. The Labute approximate surface area is 170 Å². The van der Waals surface area contributed by atoms with Crippen molar-refractivity contribution >= 4 is 41.0 Å². The Morgan fingerprint density at radius 3 is 2.34 bits per heavy atom. The summed E-state index contributed by atoms with van der Waals surface area (Å²) in [5.74, 6) is -3.96. The third kappa shape index (κ3) is 4.07. The molecule has 29 heavy (non-hydrogen) atoms. The fraction of sp³-hybridized carbons (Fsp3) is 0.300. The summed E-state index contributed by atoms with van der Waals surface area (Å²) in [4.78, 5) is 49.7. The van der Waals surface area contributed by atoms with E-state index in [1.165, 1.54) is 6.08 Å². The van der Waals surface area contributed by atoms with Gasteiger partial charge in [-0.25, -0.2) is 18.9 Å². The van der Waals surface area contributed by atoms with Crippen LogP contribution in [0.15, 0.2) is 35.9 Å². The van der Waals surface area contributed by atoms with Crippen LogP contribution in [-0.2, 0) is 23.9 Å². The first-order chi connectivity index (χ1) is 13.8. The van der Waals surface area contributed by atoms with Crippen LogP contribution in [0, 0.1) is 5.82 Å². The molecule has 1 aromatic rings. The maximum atomic E-state index is 14.5. The van der Waals surface area contributed by atoms with Crippen molar-refractivity contribution in [3.63, 3.8) is 0 Å². The van der Waals surface area contributed by atoms with Gasteiger partial charge in [-0.05, 0) is 37.8 Å². The minimum atomic E-state index is -1.02. The Morgan fingerprint density at radius 1 is 1.14 bits per heavy atom. The van der Waals surface area contributed by atoms with E-state index < -0.39 is 36.2 Å². The number of rotatable bonds is 6. The highest BCUT2D eigenvalue weighted by molar-refractivity contribution is 6.35. The Bertz CT molecular complexity index is 927. The van der Waals surface area contributed by atoms with Gasteiger partial charge in [-0.1, -0.05) is 24.3 Å². The van der Waals surface area contributed by atoms with E-state index >= 15 is 0 Å². The highest BCUT2D eigenvalue weighted by Crippen LogP contribution is 2.37. The number of imide groups is 1. The number of esters is 2. The summed E-state index contributed by atoms with van der Waals surface area (Å²) < 4.78 is 24.0. The Morgan fingerprint density at radius 2 is 1.76 bits per heavy atom. The molecule has 1 heterocycles. The molecule has 0 unspecified atom stereocenters. The lowest BCUT2D eigenvalue weighted by Crippen LogP contribution is -2.32. The van der Waals surface area contributed by atoms with Crippen LogP contribution in [0.5, 0.6) is 0 Å². The molecule has 9 heteroatoms. The van der Waals surface area contributed by atoms with Gasteiger partial charge in [0.05, 0.1) is 16.3 Å². The van der Waals surface area contributed by atoms with E-state index in [1.54, 1.807) is 0 Å². The van der Waals surface area contributed by atoms with Crippen LogP contribution in [0.2, 0.25) is 5.02 Å². The highest BCUT2D eigenvalue weighted by Gasteiger charge is 2.41. The number of hydrogen-bond acceptors (Lipinski definition) is 6. The smallest absolute Gasteiger partial charge is 0.344 e. The Kier molecular flexibility index (Phi) is 6.12. The fourth-order valence-electron chi connectivity index (χ4n) is 3.22. The van der Waals surface area contributed by atoms with Gasteiger partial charge in [-0.3, -0.25) is 9.59 Å². The maximum absolute atomic E-state index is 14.5. The Balaban J connectivity index is 1.84. The third-order valence-electron chi connectivity index (χ3n) is 4.57. The molecule has 0 spiro atoms. The third-order valence-corrected chi connectivity index (χ3v) is 4.88. The van der Waals surface area contributed by atoms with Gasteiger partial charge in [-0.2, -0.15) is 0 Å². The fourth-order valence-corrected chi connectivity index (χ4v) is 3.45. The number of nitrogens with zero attached hydrogens (tertiary/aromatic N) is 1. The van der Waals surface area contributed by atoms with Gasteiger partial charge in [0, 0.05) is 11.1 Å². The minimum absolute atomic E-state index is 0.0469. The molecule has 0 bridgehead atoms. The maximum Gasteiger partial charge on any atom is 0.344 e. The average molecular weight is 422 g/mol. The van der Waals surface area contributed by atoms with Crippen molar-refractivity contribution in [1.29, 1.82) is 0 Å². The van der Waals surface area contributed by atoms with Crippen LogP contribution in [0.3, 0.4) is 0 Å². The summed E-state index contributed by atoms with van der Waals surface area (Å²) in [5.41, 5.74) is 0.0828. The van der Waals surface area contributed by atoms with E-state index in [4.69, 9.17) is 16.3 Å². The SMILES string of the molecule is C=CCOC(=O)COC(=O)c1cc(N2C(=O)C3=C(CCCC3)C2=O)c(F)cc1Cl. The summed E-state index contributed by atoms with van der Waals surface area (Å²) in [6.45, 7) is 2.65. The van der Waals surface area contributed by atoms with E-state index in [0.29, 0.717) is 24.0 Å². The normalized spacial score (nSPS) is 16.0. The number of carbonyl (C=O) groups is 4. The van der Waals surface area contributed by atoms with Crippen LogP contribution in [0.1, 0.15) is 36.0 Å². The van der Waals surface area contributed by atoms with Crippen LogP contribution in [0.4, 0.5) is 10.1 Å². The number of amides is 2. The van der Waals surface area contributed by atoms with E-state index in [2.05, 4.69) is 11.3 Å². The van der Waals surface area contributed by atoms with Crippen molar-refractivity contribution in [3.8, 4) is 0 Å². The summed E-state index contributed by atoms with van der Waals surface area (Å²) in [7, 11) is 0. The number of benzene rings is 1. The number of halogens is 2. The summed E-state index contributed by atoms with van der Waals surface area (Å²) in [6.07, 6.45) is 3.80. The predicted octanol–water partition coefficient (Wildman–Crippen LogP) is 3.11. The average Bonchev–Trinajstić information content (AvgIpc) is 2.95. The Hall–Kier alpha value is -3.00. The van der Waals surface area contributed by atoms with E-state index in [-0.39, 0.29) is 22.9 Å². The molecule has 0 saturated heterocycles. The summed E-state index contributed by atoms with van der Waals surface area (Å²) in [6, 6.07) is 1.80. The number of ether oxygens (including phenoxy) is 2. The molecular formula is C20H17ClFNO6. The van der Waals surface area contributed by atoms with Crippen LogP contribution in [-0.4, -0.2) is 37.0 Å². The zero-order valence-corrected chi connectivity index (χ0v) is 16.1. The first kappa shape index (κ1) is 20.7. The second-order valence-electron chi connectivity index (χ2n) is 6.44. The van der Waals surface area contributed by atoms with Crippen LogP contribution in [0.25, 0.3) is 0 Å². The molecule has 3 rings (SSSR count). The zero-order chi connectivity index (χ0) is 21.1. The van der Waals surface area contributed by atoms with Crippen molar-refractivity contribution in [3.05, 3.63) is 52.3 Å². The van der Waals surface area contributed by atoms with Crippen molar-refractivity contribution in [1.82, 2.24) is 0 Å². The predicted molar refractivity (Wildman–Crippen MR) is 101 cm³/mol. The molecule has 0 radical (unpaired) electrons. The molecule has 7 nitrogen and oxygen atoms in total. The van der Waals surface area contributed by atoms with E-state index in [0.717, 1.165) is 29.9 Å². The molecular weight excluding hydrogens is 405 g/mol. The lowest BCUT2D eigenvalue weighted by atomic mass is 9.93. The molecule has 152 valence electrons. The monoisotopic (exact) mass is 421 g/mol. The number of hydrogen-bond donors (Lipinski definition) is 0. The molecule has 1 aliphatic carbocycles. The highest BCUT2D eigenvalue weighted by atomic mass is 35.5. The van der Waals surface area contributed by atoms with Gasteiger partial charge in [0.2, 0.25) is 0 Å². The van der Waals surface area contributed by atoms with Gasteiger partial charge in [-0.15, -0.1) is 0 Å². The lowest BCUT2D eigenvalue weighted by Gasteiger charge is -2.17. The largest absolute Gasteiger partial charge is 0.459 e. The van der Waals surface area contributed by atoms with Crippen LogP contribution < -0.4 is 4.90 Å². The van der Waals surface area contributed by atoms with Crippen molar-refractivity contribution in [2.75, 3.05) is 18.1 Å². The first-order valence-electron chi connectivity index (χ1n) is 8.88. The van der Waals surface area contributed by atoms with Gasteiger partial charge in [0.15, 0.2) is 6.61 Å². The molecule has 2 amide bonds. The quantitative estimate of drug-likeness (QED) is 0.398. The van der Waals surface area contributed by atoms with Gasteiger partial charge in [0.25, 0.3) is 11.8 Å². The molecule has 0 saturated carbocycles. The van der Waals surface area contributed by atoms with Gasteiger partial charge < -0.3 is 9.47 Å². The zero-order valence-electron chi connectivity index (χ0n) is 15.3. The standard InChI is InChI=1S/C20H17ClFNO6/c1-2-7-28-17(24)10-29-20(27)13-8-16(15(22)9-14(13)21)23-18(25)11-5-3-4-6-12(11)19(23)26/h2,8-9H,1,3-7,10H2. The minimum Gasteiger partial charge on any atom is -0.459 e. The molecule has 0 N–H and O–H groups in total. The van der Waals surface area contributed by atoms with Gasteiger partial charge >= 0.3 is 11.9 Å². The number of carbonyl (C=O) groups excluding carboxylic acids is 4. The summed E-state index contributed by atoms with van der Waals surface area (Å²) >= 11 is 5.93. The molecule has 0 atom stereocenters. The topological polar surface area (TPSA) is 90.0 Å². The molecule has 0 aromatic heterocycles. The molecule has 1 aromatic carbocycles. The number of anilines is 1. The van der Waals surface area contributed by atoms with Crippen molar-refractivity contribution in [2.45, 2.75) is 25.7 Å². The molecule has 0 fully saturated rings. The summed E-state index contributed by atoms with van der Waals surface area (Å²) in [5, 5.41) is -0.285.